The largest absolute Gasteiger partial charge is 0.291 e. The molecule has 0 N–H and O–H groups in total. The highest BCUT2D eigenvalue weighted by molar-refractivity contribution is 7.92. The third-order valence-corrected chi connectivity index (χ3v) is 10.8. The van der Waals surface area contributed by atoms with Crippen LogP contribution in [-0.2, 0) is 22.8 Å². The van der Waals surface area contributed by atoms with E-state index in [0.29, 0.717) is 43.1 Å². The molecule has 3 aliphatic rings. The minimum atomic E-state index is -3.84. The first-order valence-electron chi connectivity index (χ1n) is 14.0. The van der Waals surface area contributed by atoms with E-state index in [1.165, 1.54) is 23.1 Å². The lowest BCUT2D eigenvalue weighted by atomic mass is 9.61. The van der Waals surface area contributed by atoms with E-state index in [9.17, 15) is 17.6 Å². The molecule has 210 valence electrons. The van der Waals surface area contributed by atoms with Crippen molar-refractivity contribution in [2.24, 2.45) is 5.41 Å². The fourth-order valence-corrected chi connectivity index (χ4v) is 7.97. The number of benzene rings is 1. The Labute approximate surface area is 237 Å². The van der Waals surface area contributed by atoms with Gasteiger partial charge in [-0.25, -0.2) is 17.5 Å². The number of rotatable bonds is 7. The van der Waals surface area contributed by atoms with E-state index in [1.807, 2.05) is 19.1 Å². The SMILES string of the molecule is CCn1ncc(S(=O)(=O)C2CCC3=Cc4c(cnn4-c4ccc(F)cc4)C[C@]3(C(=O)c3ccc(C4CC4)cn3)C2)n1. The van der Waals surface area contributed by atoms with Crippen LogP contribution in [0.4, 0.5) is 4.39 Å². The zero-order chi connectivity index (χ0) is 28.4. The van der Waals surface area contributed by atoms with Gasteiger partial charge >= 0.3 is 0 Å². The number of halogens is 1. The fourth-order valence-electron chi connectivity index (χ4n) is 6.30. The second kappa shape index (κ2) is 9.54. The average molecular weight is 573 g/mol. The van der Waals surface area contributed by atoms with Crippen molar-refractivity contribution in [3.63, 3.8) is 0 Å². The molecular formula is C30H29FN6O3S. The van der Waals surface area contributed by atoms with Crippen LogP contribution in [0.1, 0.15) is 72.3 Å². The van der Waals surface area contributed by atoms with E-state index in [1.54, 1.807) is 35.3 Å². The Bertz CT molecular complexity index is 1790. The van der Waals surface area contributed by atoms with Gasteiger partial charge in [-0.1, -0.05) is 11.6 Å². The lowest BCUT2D eigenvalue weighted by Gasteiger charge is -2.43. The highest BCUT2D eigenvalue weighted by Gasteiger charge is 2.52. The van der Waals surface area contributed by atoms with Gasteiger partial charge in [0.25, 0.3) is 0 Å². The van der Waals surface area contributed by atoms with Gasteiger partial charge in [0.05, 0.1) is 41.0 Å². The molecule has 3 heterocycles. The van der Waals surface area contributed by atoms with Crippen molar-refractivity contribution in [1.29, 1.82) is 0 Å². The summed E-state index contributed by atoms with van der Waals surface area (Å²) in [6.07, 6.45) is 10.2. The van der Waals surface area contributed by atoms with E-state index in [2.05, 4.69) is 20.3 Å². The third kappa shape index (κ3) is 4.34. The summed E-state index contributed by atoms with van der Waals surface area (Å²) in [4.78, 5) is 20.4. The van der Waals surface area contributed by atoms with Crippen LogP contribution in [0.25, 0.3) is 11.8 Å². The molecule has 11 heteroatoms. The first kappa shape index (κ1) is 25.9. The van der Waals surface area contributed by atoms with Crippen molar-refractivity contribution in [2.75, 3.05) is 0 Å². The van der Waals surface area contributed by atoms with Crippen molar-refractivity contribution in [3.8, 4) is 5.69 Å². The molecule has 0 radical (unpaired) electrons. The second-order valence-electron chi connectivity index (χ2n) is 11.2. The molecule has 3 aromatic heterocycles. The lowest BCUT2D eigenvalue weighted by Crippen LogP contribution is -2.46. The summed E-state index contributed by atoms with van der Waals surface area (Å²) in [6.45, 7) is 2.30. The van der Waals surface area contributed by atoms with Gasteiger partial charge in [0.2, 0.25) is 9.84 Å². The van der Waals surface area contributed by atoms with E-state index in [-0.39, 0.29) is 23.0 Å². The number of hydrogen-bond donors (Lipinski definition) is 0. The van der Waals surface area contributed by atoms with E-state index < -0.39 is 20.5 Å². The topological polar surface area (TPSA) is 113 Å². The number of hydrogen-bond acceptors (Lipinski definition) is 7. The van der Waals surface area contributed by atoms with Crippen molar-refractivity contribution in [3.05, 3.63) is 88.9 Å². The molecule has 2 saturated carbocycles. The molecule has 4 aromatic rings. The lowest BCUT2D eigenvalue weighted by molar-refractivity contribution is 0.0796. The smallest absolute Gasteiger partial charge is 0.201 e. The number of ketones is 1. The minimum Gasteiger partial charge on any atom is -0.291 e. The molecule has 2 atom stereocenters. The van der Waals surface area contributed by atoms with Gasteiger partial charge in [0.15, 0.2) is 10.8 Å². The van der Waals surface area contributed by atoms with Crippen molar-refractivity contribution in [2.45, 2.75) is 68.2 Å². The van der Waals surface area contributed by atoms with Crippen LogP contribution in [0, 0.1) is 11.2 Å². The zero-order valence-electron chi connectivity index (χ0n) is 22.6. The number of nitrogens with zero attached hydrogens (tertiary/aromatic N) is 6. The Morgan fingerprint density at radius 2 is 1.85 bits per heavy atom. The van der Waals surface area contributed by atoms with E-state index >= 15 is 0 Å². The van der Waals surface area contributed by atoms with Crippen molar-refractivity contribution >= 4 is 21.7 Å². The monoisotopic (exact) mass is 572 g/mol. The van der Waals surface area contributed by atoms with Gasteiger partial charge in [-0.2, -0.15) is 15.0 Å². The predicted molar refractivity (Wildman–Crippen MR) is 149 cm³/mol. The summed E-state index contributed by atoms with van der Waals surface area (Å²) in [6, 6.07) is 9.84. The number of aryl methyl sites for hydroxylation is 1. The van der Waals surface area contributed by atoms with Crippen LogP contribution >= 0.6 is 0 Å². The summed E-state index contributed by atoms with van der Waals surface area (Å²) in [5.74, 6) is -0.00427. The molecule has 0 bridgehead atoms. The molecule has 7 rings (SSSR count). The molecule has 0 amide bonds. The standard InChI is InChI=1S/C30H29FN6O3S/c1-2-36-33-18-28(35-36)41(39,40)25-11-6-22-13-27-21(17-34-37(27)24-9-7-23(31)8-10-24)14-30(22,15-25)29(38)26-12-5-20(16-32-26)19-3-4-19/h5,7-10,12-13,16-19,25H,2-4,6,11,14-15H2,1H3/t25?,30-/m0/s1. The fraction of sp³-hybridized carbons (Fsp3) is 0.367. The number of allylic oxidation sites excluding steroid dienone is 1. The molecule has 9 nitrogen and oxygen atoms in total. The number of fused-ring (bicyclic) bond motifs is 2. The van der Waals surface area contributed by atoms with Crippen LogP contribution in [0.3, 0.4) is 0 Å². The molecule has 1 unspecified atom stereocenters. The Balaban J connectivity index is 1.30. The molecular weight excluding hydrogens is 543 g/mol. The number of Topliss-reactive ketones (excluding diaryl/α,β-unsaturated/α-hetero) is 1. The molecule has 1 aromatic carbocycles. The maximum Gasteiger partial charge on any atom is 0.201 e. The molecule has 0 saturated heterocycles. The molecule has 2 fully saturated rings. The number of pyridine rings is 1. The van der Waals surface area contributed by atoms with Crippen LogP contribution in [0.2, 0.25) is 0 Å². The van der Waals surface area contributed by atoms with Gasteiger partial charge in [0, 0.05) is 6.20 Å². The predicted octanol–water partition coefficient (Wildman–Crippen LogP) is 4.73. The van der Waals surface area contributed by atoms with Gasteiger partial charge < -0.3 is 0 Å². The normalized spacial score (nSPS) is 22.1. The number of carbonyl (C=O) groups is 1. The summed E-state index contributed by atoms with van der Waals surface area (Å²) in [5, 5.41) is 12.0. The van der Waals surface area contributed by atoms with Crippen LogP contribution < -0.4 is 0 Å². The summed E-state index contributed by atoms with van der Waals surface area (Å²) < 4.78 is 42.9. The Kier molecular flexibility index (Phi) is 6.04. The minimum absolute atomic E-state index is 0.0630. The zero-order valence-corrected chi connectivity index (χ0v) is 23.4. The van der Waals surface area contributed by atoms with Crippen molar-refractivity contribution < 1.29 is 17.6 Å². The molecule has 0 spiro atoms. The summed E-state index contributed by atoms with van der Waals surface area (Å²) in [7, 11) is -3.84. The average Bonchev–Trinajstić information content (AvgIpc) is 3.58. The Morgan fingerprint density at radius 3 is 2.54 bits per heavy atom. The summed E-state index contributed by atoms with van der Waals surface area (Å²) in [5.41, 5.74) is 3.60. The molecule has 0 aliphatic heterocycles. The maximum absolute atomic E-state index is 14.4. The Morgan fingerprint density at radius 1 is 1.05 bits per heavy atom. The quantitative estimate of drug-likeness (QED) is 0.294. The molecule has 3 aliphatic carbocycles. The van der Waals surface area contributed by atoms with Gasteiger partial charge in [-0.3, -0.25) is 9.78 Å². The van der Waals surface area contributed by atoms with Gasteiger partial charge in [0.1, 0.15) is 11.5 Å². The highest BCUT2D eigenvalue weighted by atomic mass is 32.2. The van der Waals surface area contributed by atoms with Crippen LogP contribution in [-0.4, -0.2) is 49.2 Å². The molecule has 41 heavy (non-hydrogen) atoms. The Hall–Kier alpha value is -3.99. The maximum atomic E-state index is 14.4. The van der Waals surface area contributed by atoms with Gasteiger partial charge in [-0.15, -0.1) is 5.10 Å². The first-order chi connectivity index (χ1) is 19.8. The van der Waals surface area contributed by atoms with Crippen LogP contribution in [0.5, 0.6) is 0 Å². The highest BCUT2D eigenvalue weighted by Crippen LogP contribution is 2.52. The number of aromatic nitrogens is 6. The van der Waals surface area contributed by atoms with E-state index in [4.69, 9.17) is 0 Å². The van der Waals surface area contributed by atoms with Gasteiger partial charge in [-0.05, 0) is 98.9 Å². The van der Waals surface area contributed by atoms with Crippen LogP contribution in [0.15, 0.2) is 65.6 Å². The number of sulfone groups is 1. The second-order valence-corrected chi connectivity index (χ2v) is 13.4. The third-order valence-electron chi connectivity index (χ3n) is 8.72. The van der Waals surface area contributed by atoms with Crippen molar-refractivity contribution in [1.82, 2.24) is 29.8 Å². The van der Waals surface area contributed by atoms with E-state index in [0.717, 1.165) is 35.2 Å². The first-order valence-corrected chi connectivity index (χ1v) is 15.5. The number of carbonyl (C=O) groups excluding carboxylic acids is 1. The summed E-state index contributed by atoms with van der Waals surface area (Å²) >= 11 is 0.